The third-order valence-corrected chi connectivity index (χ3v) is 2.53. The van der Waals surface area contributed by atoms with Crippen molar-refractivity contribution < 1.29 is 10.2 Å². The van der Waals surface area contributed by atoms with Gasteiger partial charge in [0, 0.05) is 0 Å². The Morgan fingerprint density at radius 1 is 1.12 bits per heavy atom. The van der Waals surface area contributed by atoms with E-state index in [4.69, 9.17) is 10.2 Å². The summed E-state index contributed by atoms with van der Waals surface area (Å²) in [6.07, 6.45) is 0. The largest absolute Gasteiger partial charge is 0.394 e. The zero-order valence-electron chi connectivity index (χ0n) is 9.59. The second kappa shape index (κ2) is 5.07. The van der Waals surface area contributed by atoms with Gasteiger partial charge in [0.25, 0.3) is 0 Å². The monoisotopic (exact) mass is 233 g/mol. The first-order valence-corrected chi connectivity index (χ1v) is 5.46. The summed E-state index contributed by atoms with van der Waals surface area (Å²) in [7, 11) is 0. The number of rotatable bonds is 4. The van der Waals surface area contributed by atoms with Crippen LogP contribution < -0.4 is 5.32 Å². The predicted octanol–water partition coefficient (Wildman–Crippen LogP) is 0.703. The topological polar surface area (TPSA) is 78.3 Å². The maximum Gasteiger partial charge on any atom is 0.148 e. The van der Waals surface area contributed by atoms with E-state index in [1.165, 1.54) is 0 Å². The molecule has 0 fully saturated rings. The zero-order chi connectivity index (χ0) is 12.3. The lowest BCUT2D eigenvalue weighted by molar-refractivity contribution is 0.203. The van der Waals surface area contributed by atoms with Gasteiger partial charge in [-0.15, -0.1) is 0 Å². The zero-order valence-corrected chi connectivity index (χ0v) is 9.59. The van der Waals surface area contributed by atoms with Crippen molar-refractivity contribution in [3.8, 4) is 0 Å². The third kappa shape index (κ3) is 2.51. The summed E-state index contributed by atoms with van der Waals surface area (Å²) in [5, 5.41) is 21.0. The molecule has 0 spiro atoms. The fourth-order valence-corrected chi connectivity index (χ4v) is 1.57. The summed E-state index contributed by atoms with van der Waals surface area (Å²) in [6, 6.07) is 7.16. The Bertz CT molecular complexity index is 512. The summed E-state index contributed by atoms with van der Waals surface area (Å²) < 4.78 is 0. The minimum atomic E-state index is -0.413. The van der Waals surface area contributed by atoms with E-state index >= 15 is 0 Å². The highest BCUT2D eigenvalue weighted by Gasteiger charge is 2.10. The Morgan fingerprint density at radius 3 is 2.29 bits per heavy atom. The van der Waals surface area contributed by atoms with Crippen molar-refractivity contribution in [2.24, 2.45) is 0 Å². The molecular formula is C12H15N3O2. The molecule has 0 saturated heterocycles. The quantitative estimate of drug-likeness (QED) is 0.724. The highest BCUT2D eigenvalue weighted by Crippen LogP contribution is 2.16. The number of aromatic nitrogens is 2. The van der Waals surface area contributed by atoms with Gasteiger partial charge in [0.05, 0.1) is 36.0 Å². The molecule has 0 unspecified atom stereocenters. The van der Waals surface area contributed by atoms with E-state index in [9.17, 15) is 0 Å². The number of benzene rings is 1. The Morgan fingerprint density at radius 2 is 1.71 bits per heavy atom. The molecule has 0 aliphatic carbocycles. The van der Waals surface area contributed by atoms with Crippen molar-refractivity contribution >= 4 is 16.9 Å². The molecule has 1 aromatic heterocycles. The molecular weight excluding hydrogens is 218 g/mol. The molecule has 3 N–H and O–H groups in total. The van der Waals surface area contributed by atoms with Gasteiger partial charge in [0.15, 0.2) is 0 Å². The van der Waals surface area contributed by atoms with Gasteiger partial charge in [-0.3, -0.25) is 0 Å². The molecule has 2 aromatic rings. The second-order valence-electron chi connectivity index (χ2n) is 3.85. The van der Waals surface area contributed by atoms with Gasteiger partial charge in [0.2, 0.25) is 0 Å². The summed E-state index contributed by atoms with van der Waals surface area (Å²) in [5.74, 6) is 0.594. The number of aryl methyl sites for hydroxylation is 1. The van der Waals surface area contributed by atoms with E-state index in [-0.39, 0.29) is 13.2 Å². The summed E-state index contributed by atoms with van der Waals surface area (Å²) in [4.78, 5) is 8.82. The van der Waals surface area contributed by atoms with Crippen LogP contribution in [0.5, 0.6) is 0 Å². The van der Waals surface area contributed by atoms with Crippen LogP contribution in [-0.2, 0) is 0 Å². The smallest absolute Gasteiger partial charge is 0.148 e. The Labute approximate surface area is 99.2 Å². The number of nitrogens with one attached hydrogen (secondary N) is 1. The lowest BCUT2D eigenvalue weighted by atomic mass is 10.2. The van der Waals surface area contributed by atoms with Crippen molar-refractivity contribution in [3.05, 3.63) is 30.0 Å². The highest BCUT2D eigenvalue weighted by molar-refractivity contribution is 5.76. The van der Waals surface area contributed by atoms with Gasteiger partial charge >= 0.3 is 0 Å². The molecule has 1 heterocycles. The highest BCUT2D eigenvalue weighted by atomic mass is 16.3. The number of para-hydroxylation sites is 2. The van der Waals surface area contributed by atoms with Crippen LogP contribution in [0.15, 0.2) is 24.3 Å². The van der Waals surface area contributed by atoms with E-state index in [2.05, 4.69) is 15.3 Å². The van der Waals surface area contributed by atoms with E-state index in [0.29, 0.717) is 5.82 Å². The van der Waals surface area contributed by atoms with Crippen molar-refractivity contribution in [2.75, 3.05) is 18.5 Å². The Hall–Kier alpha value is -1.72. The van der Waals surface area contributed by atoms with Crippen molar-refractivity contribution in [1.29, 1.82) is 0 Å². The molecule has 0 aliphatic heterocycles. The van der Waals surface area contributed by atoms with E-state index in [1.807, 2.05) is 31.2 Å². The molecule has 5 nitrogen and oxygen atoms in total. The molecule has 0 bridgehead atoms. The molecule has 0 amide bonds. The van der Waals surface area contributed by atoms with Gasteiger partial charge in [-0.2, -0.15) is 0 Å². The molecule has 17 heavy (non-hydrogen) atoms. The molecule has 0 radical (unpaired) electrons. The van der Waals surface area contributed by atoms with Crippen LogP contribution in [0.3, 0.4) is 0 Å². The standard InChI is InChI=1S/C12H15N3O2/c1-8-12(14-9(6-16)7-17)15-11-5-3-2-4-10(11)13-8/h2-5,9,16-17H,6-7H2,1H3,(H,14,15). The summed E-state index contributed by atoms with van der Waals surface area (Å²) in [6.45, 7) is 1.54. The summed E-state index contributed by atoms with van der Waals surface area (Å²) in [5.41, 5.74) is 2.37. The molecule has 90 valence electrons. The molecule has 0 saturated carbocycles. The number of hydrogen-bond donors (Lipinski definition) is 3. The number of hydrogen-bond acceptors (Lipinski definition) is 5. The van der Waals surface area contributed by atoms with Crippen LogP contribution in [0.1, 0.15) is 5.69 Å². The first-order chi connectivity index (χ1) is 8.24. The average molecular weight is 233 g/mol. The lowest BCUT2D eigenvalue weighted by Gasteiger charge is -2.15. The van der Waals surface area contributed by atoms with Gasteiger partial charge < -0.3 is 15.5 Å². The normalized spacial score (nSPS) is 11.1. The van der Waals surface area contributed by atoms with E-state index in [0.717, 1.165) is 16.7 Å². The summed E-state index contributed by atoms with van der Waals surface area (Å²) >= 11 is 0. The van der Waals surface area contributed by atoms with Crippen LogP contribution in [0.25, 0.3) is 11.0 Å². The van der Waals surface area contributed by atoms with Crippen LogP contribution in [-0.4, -0.2) is 39.4 Å². The van der Waals surface area contributed by atoms with Gasteiger partial charge in [-0.05, 0) is 19.1 Å². The molecule has 0 atom stereocenters. The third-order valence-electron chi connectivity index (χ3n) is 2.53. The number of aliphatic hydroxyl groups is 2. The van der Waals surface area contributed by atoms with Crippen LogP contribution >= 0.6 is 0 Å². The Kier molecular flexibility index (Phi) is 3.51. The SMILES string of the molecule is Cc1nc2ccccc2nc1NC(CO)CO. The average Bonchev–Trinajstić information content (AvgIpc) is 2.36. The maximum atomic E-state index is 9.02. The number of aliphatic hydroxyl groups excluding tert-OH is 2. The second-order valence-corrected chi connectivity index (χ2v) is 3.85. The van der Waals surface area contributed by atoms with Crippen molar-refractivity contribution in [2.45, 2.75) is 13.0 Å². The van der Waals surface area contributed by atoms with E-state index in [1.54, 1.807) is 0 Å². The first kappa shape index (κ1) is 11.8. The maximum absolute atomic E-state index is 9.02. The Balaban J connectivity index is 2.37. The molecule has 1 aromatic carbocycles. The number of fused-ring (bicyclic) bond motifs is 1. The van der Waals surface area contributed by atoms with Gasteiger partial charge in [0.1, 0.15) is 5.82 Å². The minimum Gasteiger partial charge on any atom is -0.394 e. The molecule has 0 aliphatic rings. The number of nitrogens with zero attached hydrogens (tertiary/aromatic N) is 2. The number of anilines is 1. The first-order valence-electron chi connectivity index (χ1n) is 5.46. The van der Waals surface area contributed by atoms with Gasteiger partial charge in [-0.25, -0.2) is 9.97 Å². The fourth-order valence-electron chi connectivity index (χ4n) is 1.57. The van der Waals surface area contributed by atoms with Crippen LogP contribution in [0, 0.1) is 6.92 Å². The van der Waals surface area contributed by atoms with Crippen LogP contribution in [0.4, 0.5) is 5.82 Å². The molecule has 2 rings (SSSR count). The van der Waals surface area contributed by atoms with E-state index < -0.39 is 6.04 Å². The van der Waals surface area contributed by atoms with Crippen molar-refractivity contribution in [3.63, 3.8) is 0 Å². The van der Waals surface area contributed by atoms with Gasteiger partial charge in [-0.1, -0.05) is 12.1 Å². The predicted molar refractivity (Wildman–Crippen MR) is 65.9 cm³/mol. The van der Waals surface area contributed by atoms with Crippen molar-refractivity contribution in [1.82, 2.24) is 9.97 Å². The lowest BCUT2D eigenvalue weighted by Crippen LogP contribution is -2.28. The minimum absolute atomic E-state index is 0.148. The molecule has 5 heteroatoms. The fraction of sp³-hybridized carbons (Fsp3) is 0.333. The van der Waals surface area contributed by atoms with Crippen LogP contribution in [0.2, 0.25) is 0 Å².